The van der Waals surface area contributed by atoms with Gasteiger partial charge in [-0.15, -0.1) is 0 Å². The van der Waals surface area contributed by atoms with Crippen molar-refractivity contribution < 1.29 is 26.7 Å². The van der Waals surface area contributed by atoms with Crippen molar-refractivity contribution in [1.82, 2.24) is 9.38 Å². The highest BCUT2D eigenvalue weighted by Gasteiger charge is 2.61. The molecule has 4 rings (SSSR count). The van der Waals surface area contributed by atoms with Crippen molar-refractivity contribution in [3.8, 4) is 0 Å². The van der Waals surface area contributed by atoms with Gasteiger partial charge in [0.25, 0.3) is 5.92 Å². The molecule has 2 saturated carbocycles. The molecule has 9 heteroatoms. The minimum atomic E-state index is -4.50. The Morgan fingerprint density at radius 3 is 2.50 bits per heavy atom. The molecule has 1 N–H and O–H groups in total. The Morgan fingerprint density at radius 2 is 1.96 bits per heavy atom. The number of amides is 1. The van der Waals surface area contributed by atoms with Crippen LogP contribution in [0.1, 0.15) is 36.4 Å². The van der Waals surface area contributed by atoms with Crippen LogP contribution in [-0.2, 0) is 11.0 Å². The summed E-state index contributed by atoms with van der Waals surface area (Å²) in [7, 11) is 0. The Hall–Kier alpha value is -2.19. The zero-order chi connectivity index (χ0) is 17.3. The van der Waals surface area contributed by atoms with Gasteiger partial charge in [0.2, 0.25) is 5.91 Å². The first-order chi connectivity index (χ1) is 11.2. The Morgan fingerprint density at radius 1 is 1.29 bits per heavy atom. The zero-order valence-electron chi connectivity index (χ0n) is 12.2. The van der Waals surface area contributed by atoms with Gasteiger partial charge in [0, 0.05) is 18.5 Å². The van der Waals surface area contributed by atoms with Gasteiger partial charge in [-0.05, 0) is 25.0 Å². The van der Waals surface area contributed by atoms with Crippen LogP contribution >= 0.6 is 0 Å². The number of halogens is 5. The average Bonchev–Trinajstić information content (AvgIpc) is 3.37. The number of pyridine rings is 1. The first kappa shape index (κ1) is 15.3. The molecule has 2 aliphatic carbocycles. The topological polar surface area (TPSA) is 46.4 Å². The Labute approximate surface area is 132 Å². The van der Waals surface area contributed by atoms with Gasteiger partial charge in [0.1, 0.15) is 11.6 Å². The zero-order valence-corrected chi connectivity index (χ0v) is 12.2. The van der Waals surface area contributed by atoms with E-state index in [0.717, 1.165) is 25.1 Å². The predicted molar refractivity (Wildman–Crippen MR) is 73.9 cm³/mol. The van der Waals surface area contributed by atoms with E-state index < -0.39 is 35.9 Å². The number of carbonyl (C=O) groups is 1. The number of imidazole rings is 1. The van der Waals surface area contributed by atoms with Gasteiger partial charge in [-0.3, -0.25) is 4.79 Å². The van der Waals surface area contributed by atoms with Gasteiger partial charge in [0.05, 0.1) is 11.3 Å². The van der Waals surface area contributed by atoms with Gasteiger partial charge in [-0.2, -0.15) is 13.2 Å². The van der Waals surface area contributed by atoms with E-state index in [1.54, 1.807) is 0 Å². The summed E-state index contributed by atoms with van der Waals surface area (Å²) >= 11 is 0. The molecule has 1 atom stereocenters. The van der Waals surface area contributed by atoms with Crippen LogP contribution in [-0.4, -0.2) is 21.2 Å². The second-order valence-electron chi connectivity index (χ2n) is 6.27. The molecule has 0 aliphatic heterocycles. The maximum Gasteiger partial charge on any atom is 0.417 e. The van der Waals surface area contributed by atoms with E-state index in [2.05, 4.69) is 10.3 Å². The molecule has 0 bridgehead atoms. The van der Waals surface area contributed by atoms with Crippen molar-refractivity contribution in [2.45, 2.75) is 37.3 Å². The number of alkyl halides is 5. The summed E-state index contributed by atoms with van der Waals surface area (Å²) < 4.78 is 66.0. The third kappa shape index (κ3) is 2.51. The van der Waals surface area contributed by atoms with Crippen LogP contribution < -0.4 is 5.32 Å². The third-order valence-corrected chi connectivity index (χ3v) is 4.33. The van der Waals surface area contributed by atoms with Crippen molar-refractivity contribution in [2.75, 3.05) is 5.32 Å². The summed E-state index contributed by atoms with van der Waals surface area (Å²) in [5.41, 5.74) is -0.155. The maximum absolute atomic E-state index is 13.0. The van der Waals surface area contributed by atoms with E-state index in [1.807, 2.05) is 0 Å². The van der Waals surface area contributed by atoms with E-state index in [4.69, 9.17) is 0 Å². The summed E-state index contributed by atoms with van der Waals surface area (Å²) in [6, 6.07) is 2.11. The Kier molecular flexibility index (Phi) is 2.99. The summed E-state index contributed by atoms with van der Waals surface area (Å²) in [6.07, 6.45) is -2.57. The van der Waals surface area contributed by atoms with Gasteiger partial charge >= 0.3 is 6.18 Å². The minimum absolute atomic E-state index is 0.0292. The molecule has 0 spiro atoms. The van der Waals surface area contributed by atoms with Crippen LogP contribution in [0.15, 0.2) is 18.3 Å². The molecule has 128 valence electrons. The first-order valence-electron chi connectivity index (χ1n) is 7.45. The number of hydrogen-bond donors (Lipinski definition) is 1. The van der Waals surface area contributed by atoms with Crippen molar-refractivity contribution in [3.05, 3.63) is 29.6 Å². The SMILES string of the molecule is O=C(Nc1nc2ccc(C(F)(F)F)cn2c1C1CC1)C1CC1(F)F. The Bertz CT molecular complexity index is 837. The van der Waals surface area contributed by atoms with Crippen LogP contribution in [0.2, 0.25) is 0 Å². The van der Waals surface area contributed by atoms with Crippen LogP contribution in [0, 0.1) is 5.92 Å². The molecule has 0 saturated heterocycles. The normalized spacial score (nSPS) is 22.6. The number of rotatable bonds is 3. The quantitative estimate of drug-likeness (QED) is 0.860. The highest BCUT2D eigenvalue weighted by molar-refractivity contribution is 5.95. The van der Waals surface area contributed by atoms with Crippen molar-refractivity contribution in [1.29, 1.82) is 0 Å². The second kappa shape index (κ2) is 4.67. The molecule has 1 amide bonds. The molecule has 4 nitrogen and oxygen atoms in total. The third-order valence-electron chi connectivity index (χ3n) is 4.33. The fourth-order valence-electron chi connectivity index (χ4n) is 2.77. The van der Waals surface area contributed by atoms with Gasteiger partial charge in [-0.25, -0.2) is 13.8 Å². The van der Waals surface area contributed by atoms with E-state index in [1.165, 1.54) is 10.5 Å². The van der Waals surface area contributed by atoms with Crippen LogP contribution in [0.3, 0.4) is 0 Å². The summed E-state index contributed by atoms with van der Waals surface area (Å²) in [5.74, 6) is -5.20. The number of nitrogens with zero attached hydrogens (tertiary/aromatic N) is 2. The molecule has 0 aromatic carbocycles. The highest BCUT2D eigenvalue weighted by atomic mass is 19.4. The first-order valence-corrected chi connectivity index (χ1v) is 7.45. The van der Waals surface area contributed by atoms with Gasteiger partial charge in [0.15, 0.2) is 5.82 Å². The lowest BCUT2D eigenvalue weighted by molar-refractivity contribution is -0.137. The summed E-state index contributed by atoms with van der Waals surface area (Å²) in [5, 5.41) is 2.36. The molecule has 0 radical (unpaired) electrons. The molecular formula is C15H12F5N3O. The van der Waals surface area contributed by atoms with Crippen LogP contribution in [0.5, 0.6) is 0 Å². The van der Waals surface area contributed by atoms with E-state index >= 15 is 0 Å². The maximum atomic E-state index is 13.0. The number of hydrogen-bond acceptors (Lipinski definition) is 2. The molecule has 2 aromatic heterocycles. The number of nitrogens with one attached hydrogen (secondary N) is 1. The second-order valence-corrected chi connectivity index (χ2v) is 6.27. The largest absolute Gasteiger partial charge is 0.417 e. The standard InChI is InChI=1S/C15H12F5N3O/c16-14(17)5-9(14)13(24)22-12-11(7-1-2-7)23-6-8(15(18,19)20)3-4-10(23)21-12/h3-4,6-7,9H,1-2,5H2,(H,22,24). The van der Waals surface area contributed by atoms with E-state index in [9.17, 15) is 26.7 Å². The summed E-state index contributed by atoms with van der Waals surface area (Å²) in [6.45, 7) is 0. The number of fused-ring (bicyclic) bond motifs is 1. The lowest BCUT2D eigenvalue weighted by Crippen LogP contribution is -2.18. The van der Waals surface area contributed by atoms with E-state index in [0.29, 0.717) is 5.69 Å². The summed E-state index contributed by atoms with van der Waals surface area (Å²) in [4.78, 5) is 16.0. The van der Waals surface area contributed by atoms with Gasteiger partial charge in [-0.1, -0.05) is 0 Å². The molecule has 2 heterocycles. The minimum Gasteiger partial charge on any atom is -0.309 e. The van der Waals surface area contributed by atoms with Gasteiger partial charge < -0.3 is 9.72 Å². The van der Waals surface area contributed by atoms with Crippen molar-refractivity contribution in [2.24, 2.45) is 5.92 Å². The lowest BCUT2D eigenvalue weighted by atomic mass is 10.2. The monoisotopic (exact) mass is 345 g/mol. The molecule has 2 aliphatic rings. The highest BCUT2D eigenvalue weighted by Crippen LogP contribution is 2.50. The lowest BCUT2D eigenvalue weighted by Gasteiger charge is -2.08. The molecule has 1 unspecified atom stereocenters. The molecular weight excluding hydrogens is 333 g/mol. The Balaban J connectivity index is 1.73. The van der Waals surface area contributed by atoms with Crippen molar-refractivity contribution in [3.63, 3.8) is 0 Å². The van der Waals surface area contributed by atoms with Crippen molar-refractivity contribution >= 4 is 17.4 Å². The van der Waals surface area contributed by atoms with Crippen LogP contribution in [0.4, 0.5) is 27.8 Å². The molecule has 2 fully saturated rings. The van der Waals surface area contributed by atoms with E-state index in [-0.39, 0.29) is 17.4 Å². The average molecular weight is 345 g/mol. The number of anilines is 1. The number of aromatic nitrogens is 2. The molecule has 2 aromatic rings. The smallest absolute Gasteiger partial charge is 0.309 e. The number of carbonyl (C=O) groups excluding carboxylic acids is 1. The molecule has 24 heavy (non-hydrogen) atoms. The fourth-order valence-corrected chi connectivity index (χ4v) is 2.77. The fraction of sp³-hybridized carbons (Fsp3) is 0.467. The predicted octanol–water partition coefficient (Wildman–Crippen LogP) is 3.82. The van der Waals surface area contributed by atoms with Crippen LogP contribution in [0.25, 0.3) is 5.65 Å².